The number of pyridine rings is 1. The van der Waals surface area contributed by atoms with Gasteiger partial charge in [0.15, 0.2) is 0 Å². The largest absolute Gasteiger partial charge is 0.353 e. The van der Waals surface area contributed by atoms with Gasteiger partial charge in [0.05, 0.1) is 23.6 Å². The predicted octanol–water partition coefficient (Wildman–Crippen LogP) is 4.12. The molecule has 2 aliphatic heterocycles. The fourth-order valence-electron chi connectivity index (χ4n) is 4.82. The summed E-state index contributed by atoms with van der Waals surface area (Å²) < 4.78 is 40.9. The van der Waals surface area contributed by atoms with E-state index in [4.69, 9.17) is 25.8 Å². The number of halogens is 2. The predicted molar refractivity (Wildman–Crippen MR) is 147 cm³/mol. The molecule has 0 N–H and O–H groups in total. The Morgan fingerprint density at radius 3 is 2.39 bits per heavy atom. The summed E-state index contributed by atoms with van der Waals surface area (Å²) in [5.74, 6) is 1.90. The number of anilines is 3. The van der Waals surface area contributed by atoms with E-state index in [0.717, 1.165) is 42.7 Å². The molecule has 1 aromatic carbocycles. The molecular formula is C26H30ClFN6O3S. The third kappa shape index (κ3) is 6.16. The molecule has 2 aromatic heterocycles. The van der Waals surface area contributed by atoms with Crippen molar-refractivity contribution in [3.05, 3.63) is 59.0 Å². The molecule has 0 saturated carbocycles. The van der Waals surface area contributed by atoms with Crippen molar-refractivity contribution in [3.8, 4) is 11.3 Å². The Bertz CT molecular complexity index is 1400. The first-order chi connectivity index (χ1) is 18.2. The second-order valence-electron chi connectivity index (χ2n) is 9.69. The van der Waals surface area contributed by atoms with Crippen molar-refractivity contribution in [2.45, 2.75) is 32.4 Å². The van der Waals surface area contributed by atoms with Crippen molar-refractivity contribution in [2.24, 2.45) is 0 Å². The van der Waals surface area contributed by atoms with Crippen LogP contribution in [0.4, 0.5) is 22.0 Å². The van der Waals surface area contributed by atoms with Gasteiger partial charge in [-0.2, -0.15) is 13.4 Å². The summed E-state index contributed by atoms with van der Waals surface area (Å²) in [5, 5.41) is 0.444. The van der Waals surface area contributed by atoms with Crippen LogP contribution in [0.1, 0.15) is 25.3 Å². The zero-order valence-corrected chi connectivity index (χ0v) is 22.9. The molecule has 4 heterocycles. The zero-order valence-electron chi connectivity index (χ0n) is 21.3. The number of hydrogen-bond acceptors (Lipinski definition) is 9. The normalized spacial score (nSPS) is 18.3. The maximum Gasteiger partial charge on any atom is 0.264 e. The van der Waals surface area contributed by atoms with E-state index in [1.807, 2.05) is 6.07 Å². The molecular weight excluding hydrogens is 531 g/mol. The number of nitrogens with zero attached hydrogens (tertiary/aromatic N) is 6. The highest BCUT2D eigenvalue weighted by Crippen LogP contribution is 2.31. The highest BCUT2D eigenvalue weighted by molar-refractivity contribution is 7.85. The molecule has 5 rings (SSSR count). The van der Waals surface area contributed by atoms with Gasteiger partial charge in [-0.1, -0.05) is 11.6 Å². The molecule has 38 heavy (non-hydrogen) atoms. The monoisotopic (exact) mass is 560 g/mol. The van der Waals surface area contributed by atoms with Crippen molar-refractivity contribution in [2.75, 3.05) is 53.7 Å². The van der Waals surface area contributed by atoms with E-state index >= 15 is 0 Å². The Labute approximate surface area is 227 Å². The molecule has 2 fully saturated rings. The van der Waals surface area contributed by atoms with Gasteiger partial charge < -0.3 is 14.7 Å². The van der Waals surface area contributed by atoms with E-state index in [-0.39, 0.29) is 12.4 Å². The molecule has 3 aromatic rings. The van der Waals surface area contributed by atoms with Gasteiger partial charge >= 0.3 is 0 Å². The van der Waals surface area contributed by atoms with Crippen LogP contribution in [0.2, 0.25) is 5.02 Å². The number of piperazine rings is 1. The SMILES string of the molecule is CC1CCCN1c1nc(-c2ccc(F)cc2)cc(N2CCN(c3ncc(COS(C)(=O)=O)cc3Cl)CC2)n1. The summed E-state index contributed by atoms with van der Waals surface area (Å²) in [6.45, 7) is 5.75. The standard InChI is InChI=1S/C26H30ClFN6O3S/c1-18-4-3-9-34(18)26-30-23(20-5-7-21(28)8-6-20)15-24(31-26)32-10-12-33(13-11-32)25-22(27)14-19(16-29-25)17-37-38(2,35)36/h5-8,14-16,18H,3-4,9-13,17H2,1-2H3. The minimum Gasteiger partial charge on any atom is -0.353 e. The van der Waals surface area contributed by atoms with Crippen LogP contribution < -0.4 is 14.7 Å². The number of rotatable bonds is 7. The average Bonchev–Trinajstić information content (AvgIpc) is 3.33. The van der Waals surface area contributed by atoms with E-state index in [1.54, 1.807) is 24.4 Å². The van der Waals surface area contributed by atoms with Gasteiger partial charge in [0.2, 0.25) is 5.95 Å². The summed E-state index contributed by atoms with van der Waals surface area (Å²) in [7, 11) is -3.55. The lowest BCUT2D eigenvalue weighted by Gasteiger charge is -2.37. The fourth-order valence-corrected chi connectivity index (χ4v) is 5.47. The van der Waals surface area contributed by atoms with Gasteiger partial charge in [-0.3, -0.25) is 4.18 Å². The molecule has 1 unspecified atom stereocenters. The minimum atomic E-state index is -3.55. The van der Waals surface area contributed by atoms with Crippen LogP contribution in [0.15, 0.2) is 42.6 Å². The first-order valence-corrected chi connectivity index (χ1v) is 14.8. The van der Waals surface area contributed by atoms with E-state index in [1.165, 1.54) is 12.1 Å². The molecule has 0 aliphatic carbocycles. The van der Waals surface area contributed by atoms with Crippen LogP contribution in [-0.2, 0) is 20.9 Å². The Morgan fingerprint density at radius 1 is 1.05 bits per heavy atom. The second kappa shape index (κ2) is 11.0. The van der Waals surface area contributed by atoms with E-state index in [0.29, 0.717) is 54.6 Å². The summed E-state index contributed by atoms with van der Waals surface area (Å²) in [5.41, 5.74) is 2.20. The van der Waals surface area contributed by atoms with Crippen LogP contribution in [0.5, 0.6) is 0 Å². The highest BCUT2D eigenvalue weighted by atomic mass is 35.5. The molecule has 0 amide bonds. The second-order valence-corrected chi connectivity index (χ2v) is 11.7. The minimum absolute atomic E-state index is 0.109. The molecule has 2 aliphatic rings. The van der Waals surface area contributed by atoms with Crippen molar-refractivity contribution in [1.29, 1.82) is 0 Å². The molecule has 1 atom stereocenters. The molecule has 202 valence electrons. The maximum atomic E-state index is 13.6. The first kappa shape index (κ1) is 26.6. The Hall–Kier alpha value is -3.02. The van der Waals surface area contributed by atoms with Crippen molar-refractivity contribution in [3.63, 3.8) is 0 Å². The average molecular weight is 561 g/mol. The molecule has 12 heteroatoms. The summed E-state index contributed by atoms with van der Waals surface area (Å²) in [6.07, 6.45) is 4.80. The Morgan fingerprint density at radius 2 is 1.76 bits per heavy atom. The Kier molecular flexibility index (Phi) is 7.69. The molecule has 9 nitrogen and oxygen atoms in total. The van der Waals surface area contributed by atoms with Crippen LogP contribution in [0, 0.1) is 5.82 Å². The van der Waals surface area contributed by atoms with Crippen molar-refractivity contribution >= 4 is 39.3 Å². The van der Waals surface area contributed by atoms with Crippen molar-refractivity contribution in [1.82, 2.24) is 15.0 Å². The van der Waals surface area contributed by atoms with Crippen LogP contribution in [0.25, 0.3) is 11.3 Å². The van der Waals surface area contributed by atoms with Crippen LogP contribution >= 0.6 is 11.6 Å². The summed E-state index contributed by atoms with van der Waals surface area (Å²) >= 11 is 6.50. The number of aromatic nitrogens is 3. The summed E-state index contributed by atoms with van der Waals surface area (Å²) in [6, 6.07) is 10.4. The van der Waals surface area contributed by atoms with Gasteiger partial charge in [0.25, 0.3) is 10.1 Å². The lowest BCUT2D eigenvalue weighted by Crippen LogP contribution is -2.47. The zero-order chi connectivity index (χ0) is 26.9. The number of hydrogen-bond donors (Lipinski definition) is 0. The smallest absolute Gasteiger partial charge is 0.264 e. The Balaban J connectivity index is 1.34. The van der Waals surface area contributed by atoms with Crippen LogP contribution in [-0.4, -0.2) is 68.4 Å². The van der Waals surface area contributed by atoms with E-state index < -0.39 is 10.1 Å². The maximum absolute atomic E-state index is 13.6. The lowest BCUT2D eigenvalue weighted by atomic mass is 10.1. The quantitative estimate of drug-likeness (QED) is 0.396. The molecule has 0 bridgehead atoms. The molecule has 0 radical (unpaired) electrons. The number of benzene rings is 1. The van der Waals surface area contributed by atoms with Gasteiger partial charge in [0, 0.05) is 56.6 Å². The fraction of sp³-hybridized carbons (Fsp3) is 0.423. The van der Waals surface area contributed by atoms with E-state index in [2.05, 4.69) is 26.6 Å². The van der Waals surface area contributed by atoms with Crippen molar-refractivity contribution < 1.29 is 17.0 Å². The van der Waals surface area contributed by atoms with Gasteiger partial charge in [-0.05, 0) is 55.7 Å². The third-order valence-corrected chi connectivity index (χ3v) is 7.70. The van der Waals surface area contributed by atoms with E-state index in [9.17, 15) is 12.8 Å². The van der Waals surface area contributed by atoms with Gasteiger partial charge in [-0.15, -0.1) is 0 Å². The molecule has 0 spiro atoms. The van der Waals surface area contributed by atoms with Gasteiger partial charge in [-0.25, -0.2) is 14.4 Å². The molecule has 2 saturated heterocycles. The third-order valence-electron chi connectivity index (χ3n) is 6.87. The first-order valence-electron chi connectivity index (χ1n) is 12.6. The van der Waals surface area contributed by atoms with Crippen LogP contribution in [0.3, 0.4) is 0 Å². The summed E-state index contributed by atoms with van der Waals surface area (Å²) in [4.78, 5) is 20.8. The highest BCUT2D eigenvalue weighted by Gasteiger charge is 2.26. The lowest BCUT2D eigenvalue weighted by molar-refractivity contribution is 0.311. The van der Waals surface area contributed by atoms with Gasteiger partial charge in [0.1, 0.15) is 17.5 Å². The topological polar surface area (TPSA) is 91.8 Å².